The molecule has 6 heteroatoms. The van der Waals surface area contributed by atoms with E-state index in [9.17, 15) is 9.59 Å². The summed E-state index contributed by atoms with van der Waals surface area (Å²) in [5.41, 5.74) is 0.104. The van der Waals surface area contributed by atoms with Crippen LogP contribution in [0.4, 0.5) is 0 Å². The van der Waals surface area contributed by atoms with E-state index in [-0.39, 0.29) is 30.5 Å². The maximum absolute atomic E-state index is 11.5. The van der Waals surface area contributed by atoms with Gasteiger partial charge in [0.1, 0.15) is 0 Å². The van der Waals surface area contributed by atoms with Crippen molar-refractivity contribution < 1.29 is 24.2 Å². The van der Waals surface area contributed by atoms with E-state index >= 15 is 0 Å². The Kier molecular flexibility index (Phi) is 5.83. The van der Waals surface area contributed by atoms with Gasteiger partial charge < -0.3 is 19.9 Å². The van der Waals surface area contributed by atoms with Crippen LogP contribution in [0, 0.1) is 0 Å². The van der Waals surface area contributed by atoms with Crippen LogP contribution in [-0.4, -0.2) is 36.7 Å². The molecule has 0 aromatic heterocycles. The highest BCUT2D eigenvalue weighted by molar-refractivity contribution is 5.88. The summed E-state index contributed by atoms with van der Waals surface area (Å²) < 4.78 is 10.5. The molecule has 0 radical (unpaired) electrons. The topological polar surface area (TPSA) is 84.9 Å². The summed E-state index contributed by atoms with van der Waals surface area (Å²) in [5.74, 6) is -0.424. The molecule has 1 amide bonds. The van der Waals surface area contributed by atoms with Crippen molar-refractivity contribution in [1.82, 2.24) is 5.32 Å². The van der Waals surface area contributed by atoms with Crippen LogP contribution in [-0.2, 0) is 4.79 Å². The maximum atomic E-state index is 11.5. The van der Waals surface area contributed by atoms with E-state index in [2.05, 4.69) is 5.32 Å². The minimum Gasteiger partial charge on any atom is -0.493 e. The minimum atomic E-state index is -1.05. The number of amides is 1. The van der Waals surface area contributed by atoms with Crippen LogP contribution in [0.15, 0.2) is 18.2 Å². The van der Waals surface area contributed by atoms with E-state index in [0.717, 1.165) is 0 Å². The van der Waals surface area contributed by atoms with Crippen LogP contribution in [0.5, 0.6) is 11.5 Å². The second-order valence-electron chi connectivity index (χ2n) is 4.49. The van der Waals surface area contributed by atoms with Gasteiger partial charge in [0, 0.05) is 6.04 Å². The van der Waals surface area contributed by atoms with Crippen molar-refractivity contribution in [1.29, 1.82) is 0 Å². The van der Waals surface area contributed by atoms with E-state index in [1.165, 1.54) is 25.3 Å². The zero-order valence-corrected chi connectivity index (χ0v) is 11.8. The first-order chi connectivity index (χ1) is 9.43. The van der Waals surface area contributed by atoms with Gasteiger partial charge in [0.05, 0.1) is 25.7 Å². The summed E-state index contributed by atoms with van der Waals surface area (Å²) >= 11 is 0. The highest BCUT2D eigenvalue weighted by atomic mass is 16.5. The van der Waals surface area contributed by atoms with Gasteiger partial charge in [-0.15, -0.1) is 0 Å². The zero-order chi connectivity index (χ0) is 15.1. The predicted octanol–water partition coefficient (Wildman–Crippen LogP) is 1.69. The Morgan fingerprint density at radius 2 is 2.00 bits per heavy atom. The summed E-state index contributed by atoms with van der Waals surface area (Å²) in [5, 5.41) is 11.7. The molecule has 20 heavy (non-hydrogen) atoms. The minimum absolute atomic E-state index is 0.0763. The number of carboxylic acid groups (broad SMARTS) is 1. The van der Waals surface area contributed by atoms with Crippen LogP contribution in [0.3, 0.4) is 0 Å². The summed E-state index contributed by atoms with van der Waals surface area (Å²) in [7, 11) is 1.47. The molecular formula is C14H19NO5. The highest BCUT2D eigenvalue weighted by Crippen LogP contribution is 2.28. The Morgan fingerprint density at radius 1 is 1.30 bits per heavy atom. The third-order valence-corrected chi connectivity index (χ3v) is 2.45. The molecule has 2 N–H and O–H groups in total. The van der Waals surface area contributed by atoms with E-state index in [0.29, 0.717) is 11.5 Å². The number of rotatable bonds is 7. The van der Waals surface area contributed by atoms with E-state index < -0.39 is 5.97 Å². The van der Waals surface area contributed by atoms with Crippen LogP contribution in [0.25, 0.3) is 0 Å². The van der Waals surface area contributed by atoms with Crippen molar-refractivity contribution in [2.75, 3.05) is 13.7 Å². The van der Waals surface area contributed by atoms with Crippen molar-refractivity contribution in [2.24, 2.45) is 0 Å². The van der Waals surface area contributed by atoms with E-state index in [4.69, 9.17) is 14.6 Å². The number of hydrogen-bond donors (Lipinski definition) is 2. The Bertz CT molecular complexity index is 484. The van der Waals surface area contributed by atoms with E-state index in [1.54, 1.807) is 0 Å². The van der Waals surface area contributed by atoms with Gasteiger partial charge in [-0.05, 0) is 32.0 Å². The summed E-state index contributed by atoms with van der Waals surface area (Å²) in [6.07, 6.45) is 0.193. The molecule has 1 rings (SSSR count). The fourth-order valence-corrected chi connectivity index (χ4v) is 1.57. The first kappa shape index (κ1) is 15.8. The smallest absolute Gasteiger partial charge is 0.335 e. The molecule has 0 bridgehead atoms. The lowest BCUT2D eigenvalue weighted by molar-refractivity contribution is -0.122. The molecule has 0 heterocycles. The molecule has 1 aromatic carbocycles. The van der Waals surface area contributed by atoms with Gasteiger partial charge in [-0.3, -0.25) is 4.79 Å². The first-order valence-electron chi connectivity index (χ1n) is 6.27. The number of methoxy groups -OCH3 is 1. The Balaban J connectivity index is 2.64. The standard InChI is InChI=1S/C14H19NO5/c1-9(2)15-13(16)6-7-20-12-8-10(14(17)18)4-5-11(12)19-3/h4-5,8-9H,6-7H2,1-3H3,(H,15,16)(H,17,18). The van der Waals surface area contributed by atoms with Gasteiger partial charge in [-0.2, -0.15) is 0 Å². The first-order valence-corrected chi connectivity index (χ1v) is 6.27. The molecule has 6 nitrogen and oxygen atoms in total. The molecule has 0 saturated carbocycles. The number of hydrogen-bond acceptors (Lipinski definition) is 4. The monoisotopic (exact) mass is 281 g/mol. The number of aromatic carboxylic acids is 1. The van der Waals surface area contributed by atoms with Crippen LogP contribution >= 0.6 is 0 Å². The fourth-order valence-electron chi connectivity index (χ4n) is 1.57. The molecule has 0 spiro atoms. The lowest BCUT2D eigenvalue weighted by Gasteiger charge is -2.12. The second kappa shape index (κ2) is 7.37. The highest BCUT2D eigenvalue weighted by Gasteiger charge is 2.11. The van der Waals surface area contributed by atoms with Crippen LogP contribution < -0.4 is 14.8 Å². The Labute approximate surface area is 117 Å². The number of nitrogens with one attached hydrogen (secondary N) is 1. The predicted molar refractivity (Wildman–Crippen MR) is 73.3 cm³/mol. The molecule has 0 saturated heterocycles. The SMILES string of the molecule is COc1ccc(C(=O)O)cc1OCCC(=O)NC(C)C. The third-order valence-electron chi connectivity index (χ3n) is 2.45. The lowest BCUT2D eigenvalue weighted by atomic mass is 10.2. The largest absolute Gasteiger partial charge is 0.493 e. The van der Waals surface area contributed by atoms with Crippen molar-refractivity contribution in [3.63, 3.8) is 0 Å². The van der Waals surface area contributed by atoms with Crippen molar-refractivity contribution >= 4 is 11.9 Å². The Morgan fingerprint density at radius 3 is 2.55 bits per heavy atom. The van der Waals surface area contributed by atoms with Crippen LogP contribution in [0.1, 0.15) is 30.6 Å². The molecule has 0 aliphatic carbocycles. The van der Waals surface area contributed by atoms with Gasteiger partial charge in [0.2, 0.25) is 5.91 Å². The number of ether oxygens (including phenoxy) is 2. The number of carbonyl (C=O) groups is 2. The van der Waals surface area contributed by atoms with Gasteiger partial charge >= 0.3 is 5.97 Å². The van der Waals surface area contributed by atoms with E-state index in [1.807, 2.05) is 13.8 Å². The second-order valence-corrected chi connectivity index (χ2v) is 4.49. The fraction of sp³-hybridized carbons (Fsp3) is 0.429. The molecule has 0 aliphatic rings. The third kappa shape index (κ3) is 4.79. The average molecular weight is 281 g/mol. The maximum Gasteiger partial charge on any atom is 0.335 e. The quantitative estimate of drug-likeness (QED) is 0.794. The van der Waals surface area contributed by atoms with Gasteiger partial charge in [0.15, 0.2) is 11.5 Å². The van der Waals surface area contributed by atoms with Crippen molar-refractivity contribution in [3.05, 3.63) is 23.8 Å². The molecule has 0 aliphatic heterocycles. The van der Waals surface area contributed by atoms with Crippen LogP contribution in [0.2, 0.25) is 0 Å². The molecule has 0 atom stereocenters. The molecule has 0 unspecified atom stereocenters. The molecular weight excluding hydrogens is 262 g/mol. The van der Waals surface area contributed by atoms with Gasteiger partial charge in [-0.1, -0.05) is 0 Å². The molecule has 0 fully saturated rings. The average Bonchev–Trinajstić information content (AvgIpc) is 2.37. The lowest BCUT2D eigenvalue weighted by Crippen LogP contribution is -2.31. The summed E-state index contributed by atoms with van der Waals surface area (Å²) in [6.45, 7) is 3.90. The van der Waals surface area contributed by atoms with Crippen molar-refractivity contribution in [3.8, 4) is 11.5 Å². The van der Waals surface area contributed by atoms with Crippen molar-refractivity contribution in [2.45, 2.75) is 26.3 Å². The molecule has 1 aromatic rings. The number of benzene rings is 1. The van der Waals surface area contributed by atoms with Gasteiger partial charge in [-0.25, -0.2) is 4.79 Å². The zero-order valence-electron chi connectivity index (χ0n) is 11.8. The summed E-state index contributed by atoms with van der Waals surface area (Å²) in [4.78, 5) is 22.4. The number of carbonyl (C=O) groups excluding carboxylic acids is 1. The summed E-state index contributed by atoms with van der Waals surface area (Å²) in [6, 6.07) is 4.40. The normalized spacial score (nSPS) is 10.2. The number of carboxylic acids is 1. The van der Waals surface area contributed by atoms with Gasteiger partial charge in [0.25, 0.3) is 0 Å². The molecule has 110 valence electrons. The Hall–Kier alpha value is -2.24.